The predicted molar refractivity (Wildman–Crippen MR) is 101 cm³/mol. The number of carbonyl (C=O) groups excluding carboxylic acids is 1. The SMILES string of the molecule is Cc1ncc2c(n1)CCC(NC(=O)c1ccc3c(c1)C(CN)CCC3)C2. The van der Waals surface area contributed by atoms with Crippen LogP contribution in [0.5, 0.6) is 0 Å². The Balaban J connectivity index is 1.48. The van der Waals surface area contributed by atoms with Crippen molar-refractivity contribution in [2.45, 2.75) is 57.4 Å². The summed E-state index contributed by atoms with van der Waals surface area (Å²) in [7, 11) is 0. The highest BCUT2D eigenvalue weighted by atomic mass is 16.1. The van der Waals surface area contributed by atoms with Crippen molar-refractivity contribution in [1.82, 2.24) is 15.3 Å². The lowest BCUT2D eigenvalue weighted by Gasteiger charge is -2.26. The Hall–Kier alpha value is -2.27. The summed E-state index contributed by atoms with van der Waals surface area (Å²) in [4.78, 5) is 21.6. The minimum Gasteiger partial charge on any atom is -0.349 e. The average molecular weight is 350 g/mol. The summed E-state index contributed by atoms with van der Waals surface area (Å²) in [5.74, 6) is 1.21. The molecule has 4 rings (SSSR count). The van der Waals surface area contributed by atoms with Crippen molar-refractivity contribution in [1.29, 1.82) is 0 Å². The fourth-order valence-electron chi connectivity index (χ4n) is 4.28. The summed E-state index contributed by atoms with van der Waals surface area (Å²) in [6, 6.07) is 6.27. The molecule has 26 heavy (non-hydrogen) atoms. The molecule has 5 heteroatoms. The smallest absolute Gasteiger partial charge is 0.251 e. The molecule has 0 saturated carbocycles. The van der Waals surface area contributed by atoms with Crippen LogP contribution in [0.2, 0.25) is 0 Å². The molecule has 5 nitrogen and oxygen atoms in total. The van der Waals surface area contributed by atoms with E-state index in [1.54, 1.807) is 0 Å². The summed E-state index contributed by atoms with van der Waals surface area (Å²) in [5, 5.41) is 3.20. The standard InChI is InChI=1S/C21H26N4O/c1-13-23-12-17-9-18(7-8-20(17)24-13)25-21(26)15-6-5-14-3-2-4-16(11-22)19(14)10-15/h5-6,10,12,16,18H,2-4,7-9,11,22H2,1H3,(H,25,26). The highest BCUT2D eigenvalue weighted by molar-refractivity contribution is 5.94. The van der Waals surface area contributed by atoms with Crippen molar-refractivity contribution in [2.75, 3.05) is 6.54 Å². The van der Waals surface area contributed by atoms with Crippen LogP contribution in [0.3, 0.4) is 0 Å². The topological polar surface area (TPSA) is 80.9 Å². The Morgan fingerprint density at radius 2 is 2.15 bits per heavy atom. The summed E-state index contributed by atoms with van der Waals surface area (Å²) in [6.45, 7) is 2.57. The maximum Gasteiger partial charge on any atom is 0.251 e. The Labute approximate surface area is 154 Å². The maximum absolute atomic E-state index is 12.8. The molecule has 1 aromatic carbocycles. The highest BCUT2D eigenvalue weighted by Gasteiger charge is 2.24. The number of benzene rings is 1. The van der Waals surface area contributed by atoms with Crippen molar-refractivity contribution in [2.24, 2.45) is 5.73 Å². The van der Waals surface area contributed by atoms with Crippen LogP contribution in [-0.2, 0) is 19.3 Å². The Kier molecular flexibility index (Phi) is 4.72. The number of aromatic nitrogens is 2. The predicted octanol–water partition coefficient (Wildman–Crippen LogP) is 2.45. The molecule has 0 bridgehead atoms. The largest absolute Gasteiger partial charge is 0.349 e. The monoisotopic (exact) mass is 350 g/mol. The lowest BCUT2D eigenvalue weighted by molar-refractivity contribution is 0.0933. The minimum absolute atomic E-state index is 0.00984. The molecule has 0 radical (unpaired) electrons. The fraction of sp³-hybridized carbons (Fsp3) is 0.476. The molecule has 1 aromatic heterocycles. The summed E-state index contributed by atoms with van der Waals surface area (Å²) in [5.41, 5.74) is 11.6. The van der Waals surface area contributed by atoms with Crippen LogP contribution < -0.4 is 11.1 Å². The molecule has 1 amide bonds. The second-order valence-electron chi connectivity index (χ2n) is 7.54. The number of carbonyl (C=O) groups is 1. The Morgan fingerprint density at radius 3 is 3.00 bits per heavy atom. The van der Waals surface area contributed by atoms with Gasteiger partial charge < -0.3 is 11.1 Å². The van der Waals surface area contributed by atoms with Gasteiger partial charge in [-0.3, -0.25) is 4.79 Å². The van der Waals surface area contributed by atoms with Gasteiger partial charge in [0.25, 0.3) is 5.91 Å². The van der Waals surface area contributed by atoms with Crippen molar-refractivity contribution in [3.05, 3.63) is 58.2 Å². The van der Waals surface area contributed by atoms with E-state index in [-0.39, 0.29) is 11.9 Å². The van der Waals surface area contributed by atoms with E-state index in [4.69, 9.17) is 5.73 Å². The van der Waals surface area contributed by atoms with Crippen LogP contribution in [-0.4, -0.2) is 28.5 Å². The number of hydrogen-bond donors (Lipinski definition) is 2. The first-order valence-corrected chi connectivity index (χ1v) is 9.59. The normalized spacial score (nSPS) is 21.6. The Bertz CT molecular complexity index is 833. The van der Waals surface area contributed by atoms with Gasteiger partial charge in [0.05, 0.1) is 0 Å². The lowest BCUT2D eigenvalue weighted by atomic mass is 9.82. The molecular weight excluding hydrogens is 324 g/mol. The van der Waals surface area contributed by atoms with Crippen LogP contribution in [0, 0.1) is 6.92 Å². The fourth-order valence-corrected chi connectivity index (χ4v) is 4.28. The van der Waals surface area contributed by atoms with Gasteiger partial charge >= 0.3 is 0 Å². The molecule has 0 aliphatic heterocycles. The van der Waals surface area contributed by atoms with Crippen molar-refractivity contribution < 1.29 is 4.79 Å². The van der Waals surface area contributed by atoms with Crippen LogP contribution in [0.25, 0.3) is 0 Å². The molecule has 0 fully saturated rings. The number of amides is 1. The zero-order valence-corrected chi connectivity index (χ0v) is 15.3. The lowest BCUT2D eigenvalue weighted by Crippen LogP contribution is -2.39. The van der Waals surface area contributed by atoms with Gasteiger partial charge in [0.15, 0.2) is 0 Å². The first-order chi connectivity index (χ1) is 12.6. The number of nitrogens with zero attached hydrogens (tertiary/aromatic N) is 2. The first kappa shape index (κ1) is 17.2. The molecule has 136 valence electrons. The third-order valence-electron chi connectivity index (χ3n) is 5.74. The van der Waals surface area contributed by atoms with E-state index in [0.717, 1.165) is 54.7 Å². The van der Waals surface area contributed by atoms with Gasteiger partial charge in [0, 0.05) is 23.5 Å². The van der Waals surface area contributed by atoms with Crippen molar-refractivity contribution >= 4 is 5.91 Å². The summed E-state index contributed by atoms with van der Waals surface area (Å²) >= 11 is 0. The third-order valence-corrected chi connectivity index (χ3v) is 5.74. The second-order valence-corrected chi connectivity index (χ2v) is 7.54. The van der Waals surface area contributed by atoms with Crippen LogP contribution >= 0.6 is 0 Å². The van der Waals surface area contributed by atoms with Gasteiger partial charge in [-0.25, -0.2) is 9.97 Å². The summed E-state index contributed by atoms with van der Waals surface area (Å²) in [6.07, 6.45) is 7.91. The number of aryl methyl sites for hydroxylation is 3. The number of fused-ring (bicyclic) bond motifs is 2. The molecule has 1 heterocycles. The van der Waals surface area contributed by atoms with Gasteiger partial charge in [-0.05, 0) is 86.7 Å². The van der Waals surface area contributed by atoms with E-state index >= 15 is 0 Å². The van der Waals surface area contributed by atoms with Gasteiger partial charge in [0.2, 0.25) is 0 Å². The van der Waals surface area contributed by atoms with E-state index in [1.165, 1.54) is 17.5 Å². The molecule has 2 aliphatic carbocycles. The van der Waals surface area contributed by atoms with E-state index < -0.39 is 0 Å². The first-order valence-electron chi connectivity index (χ1n) is 9.59. The number of rotatable bonds is 3. The van der Waals surface area contributed by atoms with E-state index in [9.17, 15) is 4.79 Å². The van der Waals surface area contributed by atoms with E-state index in [2.05, 4.69) is 27.4 Å². The molecule has 0 saturated heterocycles. The molecule has 3 N–H and O–H groups in total. The molecular formula is C21H26N4O. The third kappa shape index (κ3) is 3.36. The molecule has 2 atom stereocenters. The van der Waals surface area contributed by atoms with Gasteiger partial charge in [-0.15, -0.1) is 0 Å². The van der Waals surface area contributed by atoms with Crippen LogP contribution in [0.4, 0.5) is 0 Å². The molecule has 2 aliphatic rings. The van der Waals surface area contributed by atoms with Gasteiger partial charge in [0.1, 0.15) is 5.82 Å². The number of nitrogens with one attached hydrogen (secondary N) is 1. The van der Waals surface area contributed by atoms with Crippen molar-refractivity contribution in [3.8, 4) is 0 Å². The second kappa shape index (κ2) is 7.16. The van der Waals surface area contributed by atoms with Crippen molar-refractivity contribution in [3.63, 3.8) is 0 Å². The Morgan fingerprint density at radius 1 is 1.27 bits per heavy atom. The average Bonchev–Trinajstić information content (AvgIpc) is 2.67. The van der Waals surface area contributed by atoms with Gasteiger partial charge in [-0.1, -0.05) is 6.07 Å². The maximum atomic E-state index is 12.8. The number of hydrogen-bond acceptors (Lipinski definition) is 4. The zero-order valence-electron chi connectivity index (χ0n) is 15.3. The number of nitrogens with two attached hydrogens (primary N) is 1. The minimum atomic E-state index is 0.00984. The van der Waals surface area contributed by atoms with Crippen LogP contribution in [0.1, 0.15) is 63.7 Å². The highest BCUT2D eigenvalue weighted by Crippen LogP contribution is 2.31. The van der Waals surface area contributed by atoms with Crippen LogP contribution in [0.15, 0.2) is 24.4 Å². The molecule has 0 spiro atoms. The van der Waals surface area contributed by atoms with E-state index in [1.807, 2.05) is 19.2 Å². The zero-order chi connectivity index (χ0) is 18.1. The molecule has 2 unspecified atom stereocenters. The van der Waals surface area contributed by atoms with E-state index in [0.29, 0.717) is 12.5 Å². The quantitative estimate of drug-likeness (QED) is 0.891. The summed E-state index contributed by atoms with van der Waals surface area (Å²) < 4.78 is 0. The molecule has 2 aromatic rings. The van der Waals surface area contributed by atoms with Gasteiger partial charge in [-0.2, -0.15) is 0 Å².